The lowest BCUT2D eigenvalue weighted by molar-refractivity contribution is 0.299. The minimum absolute atomic E-state index is 0.381. The van der Waals surface area contributed by atoms with Gasteiger partial charge < -0.3 is 9.47 Å². The van der Waals surface area contributed by atoms with Crippen molar-refractivity contribution in [1.29, 1.82) is 0 Å². The third kappa shape index (κ3) is 3.35. The summed E-state index contributed by atoms with van der Waals surface area (Å²) in [6.45, 7) is 4.33. The van der Waals surface area contributed by atoms with Gasteiger partial charge in [-0.05, 0) is 37.6 Å². The first-order valence-corrected chi connectivity index (χ1v) is 7.68. The molecule has 5 heteroatoms. The Bertz CT molecular complexity index is 850. The van der Waals surface area contributed by atoms with E-state index in [1.165, 1.54) is 0 Å². The molecule has 1 aromatic carbocycles. The molecule has 3 rings (SSSR count). The molecule has 0 saturated carbocycles. The highest BCUT2D eigenvalue weighted by atomic mass is 16.5. The molecule has 5 nitrogen and oxygen atoms in total. The normalized spacial score (nSPS) is 10.5. The second-order valence-electron chi connectivity index (χ2n) is 5.41. The SMILES string of the molecule is COc1ccc(-c2nccnc2C)c(OCc2ncccc2C)c1. The molecule has 2 aromatic heterocycles. The highest BCUT2D eigenvalue weighted by Crippen LogP contribution is 2.34. The van der Waals surface area contributed by atoms with E-state index < -0.39 is 0 Å². The van der Waals surface area contributed by atoms with Gasteiger partial charge in [0, 0.05) is 30.2 Å². The smallest absolute Gasteiger partial charge is 0.133 e. The molecule has 0 bridgehead atoms. The largest absolute Gasteiger partial charge is 0.497 e. The Hall–Kier alpha value is -2.95. The number of pyridine rings is 1. The number of ether oxygens (including phenoxy) is 2. The maximum Gasteiger partial charge on any atom is 0.133 e. The van der Waals surface area contributed by atoms with Crippen molar-refractivity contribution in [2.75, 3.05) is 7.11 Å². The van der Waals surface area contributed by atoms with E-state index in [2.05, 4.69) is 15.0 Å². The lowest BCUT2D eigenvalue weighted by atomic mass is 10.1. The van der Waals surface area contributed by atoms with E-state index >= 15 is 0 Å². The zero-order valence-electron chi connectivity index (χ0n) is 14.0. The molecule has 122 valence electrons. The van der Waals surface area contributed by atoms with Gasteiger partial charge in [0.25, 0.3) is 0 Å². The Balaban J connectivity index is 1.96. The van der Waals surface area contributed by atoms with Crippen LogP contribution in [0.4, 0.5) is 0 Å². The molecule has 3 aromatic rings. The van der Waals surface area contributed by atoms with Crippen LogP contribution in [0.1, 0.15) is 17.0 Å². The van der Waals surface area contributed by atoms with Crippen molar-refractivity contribution >= 4 is 0 Å². The first-order chi connectivity index (χ1) is 11.7. The van der Waals surface area contributed by atoms with Crippen LogP contribution in [0.25, 0.3) is 11.3 Å². The zero-order chi connectivity index (χ0) is 16.9. The fourth-order valence-corrected chi connectivity index (χ4v) is 2.43. The van der Waals surface area contributed by atoms with E-state index in [4.69, 9.17) is 9.47 Å². The molecule has 0 spiro atoms. The Morgan fingerprint density at radius 2 is 1.79 bits per heavy atom. The molecule has 0 aliphatic rings. The molecule has 2 heterocycles. The van der Waals surface area contributed by atoms with Crippen LogP contribution in [0.5, 0.6) is 11.5 Å². The summed E-state index contributed by atoms with van der Waals surface area (Å²) in [6, 6.07) is 9.63. The van der Waals surface area contributed by atoms with E-state index in [1.54, 1.807) is 25.7 Å². The summed E-state index contributed by atoms with van der Waals surface area (Å²) in [7, 11) is 1.63. The summed E-state index contributed by atoms with van der Waals surface area (Å²) >= 11 is 0. The van der Waals surface area contributed by atoms with Crippen molar-refractivity contribution in [2.45, 2.75) is 20.5 Å². The van der Waals surface area contributed by atoms with Crippen LogP contribution in [-0.4, -0.2) is 22.1 Å². The quantitative estimate of drug-likeness (QED) is 0.716. The van der Waals surface area contributed by atoms with Crippen LogP contribution in [-0.2, 0) is 6.61 Å². The van der Waals surface area contributed by atoms with Crippen LogP contribution in [0.15, 0.2) is 48.9 Å². The number of hydrogen-bond donors (Lipinski definition) is 0. The van der Waals surface area contributed by atoms with Crippen molar-refractivity contribution < 1.29 is 9.47 Å². The Kier molecular flexibility index (Phi) is 4.70. The van der Waals surface area contributed by atoms with E-state index in [1.807, 2.05) is 44.2 Å². The molecule has 0 N–H and O–H groups in total. The molecular weight excluding hydrogens is 302 g/mol. The number of nitrogens with zero attached hydrogens (tertiary/aromatic N) is 3. The lowest BCUT2D eigenvalue weighted by Gasteiger charge is -2.14. The zero-order valence-corrected chi connectivity index (χ0v) is 14.0. The van der Waals surface area contributed by atoms with Crippen molar-refractivity contribution in [3.8, 4) is 22.8 Å². The van der Waals surface area contributed by atoms with Crippen molar-refractivity contribution in [3.63, 3.8) is 0 Å². The highest BCUT2D eigenvalue weighted by Gasteiger charge is 2.13. The molecule has 0 amide bonds. The summed E-state index contributed by atoms with van der Waals surface area (Å²) in [5, 5.41) is 0. The second kappa shape index (κ2) is 7.08. The fourth-order valence-electron chi connectivity index (χ4n) is 2.43. The van der Waals surface area contributed by atoms with Gasteiger partial charge in [-0.1, -0.05) is 6.07 Å². The maximum absolute atomic E-state index is 6.05. The van der Waals surface area contributed by atoms with Gasteiger partial charge in [-0.2, -0.15) is 0 Å². The number of aromatic nitrogens is 3. The van der Waals surface area contributed by atoms with E-state index in [-0.39, 0.29) is 0 Å². The van der Waals surface area contributed by atoms with Gasteiger partial charge in [0.15, 0.2) is 0 Å². The van der Waals surface area contributed by atoms with Gasteiger partial charge in [-0.3, -0.25) is 15.0 Å². The summed E-state index contributed by atoms with van der Waals surface area (Å²) in [5.74, 6) is 1.43. The van der Waals surface area contributed by atoms with Gasteiger partial charge in [0.1, 0.15) is 18.1 Å². The van der Waals surface area contributed by atoms with E-state index in [0.717, 1.165) is 34.0 Å². The van der Waals surface area contributed by atoms with Crippen LogP contribution < -0.4 is 9.47 Å². The minimum Gasteiger partial charge on any atom is -0.497 e. The van der Waals surface area contributed by atoms with Crippen LogP contribution in [0.2, 0.25) is 0 Å². The molecule has 0 aliphatic heterocycles. The summed E-state index contributed by atoms with van der Waals surface area (Å²) < 4.78 is 11.4. The second-order valence-corrected chi connectivity index (χ2v) is 5.41. The van der Waals surface area contributed by atoms with Gasteiger partial charge in [-0.15, -0.1) is 0 Å². The van der Waals surface area contributed by atoms with Crippen LogP contribution in [0.3, 0.4) is 0 Å². The fraction of sp³-hybridized carbons (Fsp3) is 0.211. The number of aryl methyl sites for hydroxylation is 2. The molecule has 0 fully saturated rings. The minimum atomic E-state index is 0.381. The Labute approximate surface area is 141 Å². The molecule has 0 atom stereocenters. The van der Waals surface area contributed by atoms with Gasteiger partial charge in [-0.25, -0.2) is 0 Å². The van der Waals surface area contributed by atoms with Gasteiger partial charge in [0.2, 0.25) is 0 Å². The third-order valence-corrected chi connectivity index (χ3v) is 3.81. The van der Waals surface area contributed by atoms with Crippen LogP contribution in [0, 0.1) is 13.8 Å². The number of rotatable bonds is 5. The predicted octanol–water partition coefficient (Wildman–Crippen LogP) is 3.74. The number of methoxy groups -OCH3 is 1. The van der Waals surface area contributed by atoms with Crippen molar-refractivity contribution in [2.24, 2.45) is 0 Å². The topological polar surface area (TPSA) is 57.1 Å². The van der Waals surface area contributed by atoms with Crippen molar-refractivity contribution in [1.82, 2.24) is 15.0 Å². The maximum atomic E-state index is 6.05. The molecular formula is C19H19N3O2. The van der Waals surface area contributed by atoms with E-state index in [0.29, 0.717) is 12.4 Å². The Morgan fingerprint density at radius 3 is 2.54 bits per heavy atom. The summed E-state index contributed by atoms with van der Waals surface area (Å²) in [6.07, 6.45) is 5.13. The first-order valence-electron chi connectivity index (χ1n) is 7.68. The summed E-state index contributed by atoms with van der Waals surface area (Å²) in [5.41, 5.74) is 4.53. The number of hydrogen-bond acceptors (Lipinski definition) is 5. The monoisotopic (exact) mass is 321 g/mol. The lowest BCUT2D eigenvalue weighted by Crippen LogP contribution is -2.02. The van der Waals surface area contributed by atoms with Crippen LogP contribution >= 0.6 is 0 Å². The summed E-state index contributed by atoms with van der Waals surface area (Å²) in [4.78, 5) is 13.1. The molecule has 24 heavy (non-hydrogen) atoms. The standard InChI is InChI=1S/C19H19N3O2/c1-13-5-4-8-21-17(13)12-24-18-11-15(23-3)6-7-16(18)19-14(2)20-9-10-22-19/h4-11H,12H2,1-3H3. The van der Waals surface area contributed by atoms with E-state index in [9.17, 15) is 0 Å². The van der Waals surface area contributed by atoms with Gasteiger partial charge >= 0.3 is 0 Å². The number of benzene rings is 1. The predicted molar refractivity (Wildman–Crippen MR) is 92.1 cm³/mol. The first kappa shape index (κ1) is 15.9. The average molecular weight is 321 g/mol. The van der Waals surface area contributed by atoms with Crippen molar-refractivity contribution in [3.05, 3.63) is 65.9 Å². The molecule has 0 radical (unpaired) electrons. The Morgan fingerprint density at radius 1 is 0.958 bits per heavy atom. The molecule has 0 unspecified atom stereocenters. The highest BCUT2D eigenvalue weighted by molar-refractivity contribution is 5.70. The molecule has 0 aliphatic carbocycles. The average Bonchev–Trinajstić information content (AvgIpc) is 2.61. The third-order valence-electron chi connectivity index (χ3n) is 3.81. The van der Waals surface area contributed by atoms with Gasteiger partial charge in [0.05, 0.1) is 24.2 Å². The molecule has 0 saturated heterocycles.